The summed E-state index contributed by atoms with van der Waals surface area (Å²) >= 11 is 0. The van der Waals surface area contributed by atoms with Crippen molar-refractivity contribution in [2.24, 2.45) is 5.41 Å². The minimum atomic E-state index is -1.03. The maximum atomic E-state index is 12.6. The van der Waals surface area contributed by atoms with Gasteiger partial charge in [-0.25, -0.2) is 4.79 Å². The SMILES string of the molecule is C=C(C)CN1C(=O)NC(=O)C2(CCCCCC2)C1=O. The number of nitrogens with one attached hydrogen (secondary N) is 1. The number of amides is 4. The predicted molar refractivity (Wildman–Crippen MR) is 70.2 cm³/mol. The molecule has 1 heterocycles. The van der Waals surface area contributed by atoms with E-state index in [0.717, 1.165) is 36.2 Å². The second-order valence-electron chi connectivity index (χ2n) is 5.60. The van der Waals surface area contributed by atoms with Gasteiger partial charge in [0.2, 0.25) is 11.8 Å². The van der Waals surface area contributed by atoms with Crippen LogP contribution in [0, 0.1) is 5.41 Å². The number of barbiturate groups is 1. The molecule has 2 rings (SSSR count). The molecule has 0 aromatic heterocycles. The average molecular weight is 264 g/mol. The van der Waals surface area contributed by atoms with Crippen molar-refractivity contribution in [1.82, 2.24) is 10.2 Å². The Kier molecular flexibility index (Phi) is 3.73. The van der Waals surface area contributed by atoms with Crippen LogP contribution in [-0.2, 0) is 9.59 Å². The fraction of sp³-hybridized carbons (Fsp3) is 0.643. The van der Waals surface area contributed by atoms with Crippen molar-refractivity contribution in [2.75, 3.05) is 6.54 Å². The molecule has 0 bridgehead atoms. The molecule has 1 aliphatic heterocycles. The number of carbonyl (C=O) groups is 3. The molecule has 19 heavy (non-hydrogen) atoms. The molecule has 5 nitrogen and oxygen atoms in total. The van der Waals surface area contributed by atoms with Crippen LogP contribution >= 0.6 is 0 Å². The van der Waals surface area contributed by atoms with Crippen LogP contribution in [0.4, 0.5) is 4.79 Å². The smallest absolute Gasteiger partial charge is 0.277 e. The molecule has 0 unspecified atom stereocenters. The summed E-state index contributed by atoms with van der Waals surface area (Å²) in [6.45, 7) is 5.67. The Bertz CT molecular complexity index is 434. The lowest BCUT2D eigenvalue weighted by Crippen LogP contribution is -2.63. The van der Waals surface area contributed by atoms with Crippen LogP contribution in [0.1, 0.15) is 45.4 Å². The minimum Gasteiger partial charge on any atom is -0.277 e. The maximum absolute atomic E-state index is 12.6. The quantitative estimate of drug-likeness (QED) is 0.612. The third-order valence-corrected chi connectivity index (χ3v) is 3.94. The lowest BCUT2D eigenvalue weighted by Gasteiger charge is -2.38. The summed E-state index contributed by atoms with van der Waals surface area (Å²) in [4.78, 5) is 37.7. The lowest BCUT2D eigenvalue weighted by atomic mass is 9.77. The van der Waals surface area contributed by atoms with E-state index in [-0.39, 0.29) is 12.5 Å². The number of rotatable bonds is 2. The summed E-state index contributed by atoms with van der Waals surface area (Å²) in [5.74, 6) is -0.756. The van der Waals surface area contributed by atoms with E-state index in [4.69, 9.17) is 0 Å². The minimum absolute atomic E-state index is 0.180. The fourth-order valence-electron chi connectivity index (χ4n) is 2.92. The van der Waals surface area contributed by atoms with Crippen LogP contribution in [0.25, 0.3) is 0 Å². The number of urea groups is 1. The summed E-state index contributed by atoms with van der Waals surface area (Å²) in [7, 11) is 0. The summed E-state index contributed by atoms with van der Waals surface area (Å²) in [6, 6.07) is -0.618. The summed E-state index contributed by atoms with van der Waals surface area (Å²) in [6.07, 6.45) is 4.87. The van der Waals surface area contributed by atoms with Gasteiger partial charge in [-0.1, -0.05) is 37.8 Å². The van der Waals surface area contributed by atoms with E-state index in [1.807, 2.05) is 0 Å². The van der Waals surface area contributed by atoms with E-state index in [9.17, 15) is 14.4 Å². The highest BCUT2D eigenvalue weighted by molar-refractivity contribution is 6.19. The second-order valence-corrected chi connectivity index (χ2v) is 5.60. The molecule has 104 valence electrons. The molecule has 1 spiro atoms. The Hall–Kier alpha value is -1.65. The van der Waals surface area contributed by atoms with Crippen LogP contribution in [0.5, 0.6) is 0 Å². The summed E-state index contributed by atoms with van der Waals surface area (Å²) in [5, 5.41) is 2.34. The predicted octanol–water partition coefficient (Wildman–Crippen LogP) is 1.98. The molecule has 0 aromatic rings. The van der Waals surface area contributed by atoms with Gasteiger partial charge in [0.25, 0.3) is 0 Å². The second kappa shape index (κ2) is 5.15. The van der Waals surface area contributed by atoms with Gasteiger partial charge in [-0.2, -0.15) is 0 Å². The highest BCUT2D eigenvalue weighted by Crippen LogP contribution is 2.39. The van der Waals surface area contributed by atoms with Crippen LogP contribution < -0.4 is 5.32 Å². The molecule has 1 saturated heterocycles. The Morgan fingerprint density at radius 2 is 1.79 bits per heavy atom. The first-order valence-corrected chi connectivity index (χ1v) is 6.79. The molecule has 1 N–H and O–H groups in total. The number of carbonyl (C=O) groups excluding carboxylic acids is 3. The summed E-state index contributed by atoms with van der Waals surface area (Å²) < 4.78 is 0. The molecule has 0 atom stereocenters. The number of hydrogen-bond donors (Lipinski definition) is 1. The van der Waals surface area contributed by atoms with Gasteiger partial charge in [0.05, 0.1) is 6.54 Å². The van der Waals surface area contributed by atoms with Crippen LogP contribution in [0.15, 0.2) is 12.2 Å². The van der Waals surface area contributed by atoms with Crippen molar-refractivity contribution < 1.29 is 14.4 Å². The zero-order chi connectivity index (χ0) is 14.0. The van der Waals surface area contributed by atoms with E-state index in [1.54, 1.807) is 6.92 Å². The van der Waals surface area contributed by atoms with Gasteiger partial charge in [0.1, 0.15) is 5.41 Å². The first-order chi connectivity index (χ1) is 8.97. The molecule has 0 aromatic carbocycles. The zero-order valence-corrected chi connectivity index (χ0v) is 11.3. The standard InChI is InChI=1S/C14H20N2O3/c1-10(2)9-16-12(18)14(11(17)15-13(16)19)7-5-3-4-6-8-14/h1,3-9H2,2H3,(H,15,17,19). The van der Waals surface area contributed by atoms with E-state index in [2.05, 4.69) is 11.9 Å². The van der Waals surface area contributed by atoms with Gasteiger partial charge in [0, 0.05) is 0 Å². The Labute approximate surface area is 113 Å². The highest BCUT2D eigenvalue weighted by atomic mass is 16.2. The lowest BCUT2D eigenvalue weighted by molar-refractivity contribution is -0.152. The van der Waals surface area contributed by atoms with Crippen molar-refractivity contribution >= 4 is 17.8 Å². The van der Waals surface area contributed by atoms with Crippen molar-refractivity contribution in [3.8, 4) is 0 Å². The monoisotopic (exact) mass is 264 g/mol. The van der Waals surface area contributed by atoms with E-state index in [1.165, 1.54) is 0 Å². The van der Waals surface area contributed by atoms with E-state index >= 15 is 0 Å². The summed E-state index contributed by atoms with van der Waals surface area (Å²) in [5.41, 5.74) is -0.304. The number of hydrogen-bond acceptors (Lipinski definition) is 3. The number of imide groups is 2. The molecule has 4 amide bonds. The van der Waals surface area contributed by atoms with Gasteiger partial charge in [-0.3, -0.25) is 19.8 Å². The van der Waals surface area contributed by atoms with Crippen molar-refractivity contribution in [3.63, 3.8) is 0 Å². The van der Waals surface area contributed by atoms with Crippen molar-refractivity contribution in [2.45, 2.75) is 45.4 Å². The van der Waals surface area contributed by atoms with Crippen molar-refractivity contribution in [3.05, 3.63) is 12.2 Å². The van der Waals surface area contributed by atoms with E-state index < -0.39 is 17.4 Å². The zero-order valence-electron chi connectivity index (χ0n) is 11.3. The van der Waals surface area contributed by atoms with Crippen molar-refractivity contribution in [1.29, 1.82) is 0 Å². The Morgan fingerprint density at radius 1 is 1.21 bits per heavy atom. The van der Waals surface area contributed by atoms with Gasteiger partial charge < -0.3 is 0 Å². The van der Waals surface area contributed by atoms with Gasteiger partial charge in [0.15, 0.2) is 0 Å². The largest absolute Gasteiger partial charge is 0.331 e. The first-order valence-electron chi connectivity index (χ1n) is 6.79. The molecule has 5 heteroatoms. The van der Waals surface area contributed by atoms with Crippen LogP contribution in [0.2, 0.25) is 0 Å². The molecule has 1 saturated carbocycles. The van der Waals surface area contributed by atoms with E-state index in [0.29, 0.717) is 12.8 Å². The molecular weight excluding hydrogens is 244 g/mol. The Morgan fingerprint density at radius 3 is 2.32 bits per heavy atom. The topological polar surface area (TPSA) is 66.5 Å². The fourth-order valence-corrected chi connectivity index (χ4v) is 2.92. The molecular formula is C14H20N2O3. The molecule has 0 radical (unpaired) electrons. The highest BCUT2D eigenvalue weighted by Gasteiger charge is 2.53. The van der Waals surface area contributed by atoms with Gasteiger partial charge in [-0.05, 0) is 19.8 Å². The normalized spacial score (nSPS) is 23.2. The first kappa shape index (κ1) is 13.8. The van der Waals surface area contributed by atoms with Crippen LogP contribution in [0.3, 0.4) is 0 Å². The van der Waals surface area contributed by atoms with Crippen LogP contribution in [-0.4, -0.2) is 29.3 Å². The molecule has 1 aliphatic carbocycles. The average Bonchev–Trinajstić information content (AvgIpc) is 2.59. The van der Waals surface area contributed by atoms with Gasteiger partial charge >= 0.3 is 6.03 Å². The third kappa shape index (κ3) is 2.41. The Balaban J connectivity index is 2.31. The third-order valence-electron chi connectivity index (χ3n) is 3.94. The molecule has 2 aliphatic rings. The van der Waals surface area contributed by atoms with Gasteiger partial charge in [-0.15, -0.1) is 0 Å². The molecule has 2 fully saturated rings. The number of nitrogens with zero attached hydrogens (tertiary/aromatic N) is 1. The maximum Gasteiger partial charge on any atom is 0.331 e.